The van der Waals surface area contributed by atoms with Gasteiger partial charge in [0, 0.05) is 18.7 Å². The Kier molecular flexibility index (Phi) is 7.36. The van der Waals surface area contributed by atoms with E-state index in [1.165, 1.54) is 7.11 Å². The van der Waals surface area contributed by atoms with Gasteiger partial charge in [-0.1, -0.05) is 30.3 Å². The van der Waals surface area contributed by atoms with Gasteiger partial charge in [-0.2, -0.15) is 0 Å². The van der Waals surface area contributed by atoms with E-state index in [2.05, 4.69) is 5.32 Å². The molecule has 1 aliphatic rings. The van der Waals surface area contributed by atoms with Crippen LogP contribution in [0.1, 0.15) is 29.8 Å². The van der Waals surface area contributed by atoms with Crippen LogP contribution in [-0.4, -0.2) is 48.3 Å². The Bertz CT molecular complexity index is 1000. The summed E-state index contributed by atoms with van der Waals surface area (Å²) in [7, 11) is 1.51. The number of hydrogen-bond acceptors (Lipinski definition) is 6. The summed E-state index contributed by atoms with van der Waals surface area (Å²) < 4.78 is 10.9. The number of benzene rings is 2. The topological polar surface area (TPSA) is 84.9 Å². The van der Waals surface area contributed by atoms with E-state index in [1.807, 2.05) is 44.2 Å². The summed E-state index contributed by atoms with van der Waals surface area (Å²) in [4.78, 5) is 38.8. The van der Waals surface area contributed by atoms with Gasteiger partial charge in [0.15, 0.2) is 11.5 Å². The van der Waals surface area contributed by atoms with Gasteiger partial charge in [-0.15, -0.1) is 0 Å². The van der Waals surface area contributed by atoms with Crippen LogP contribution < -0.4 is 14.8 Å². The number of carbonyl (C=O) groups excluding carboxylic acids is 3. The van der Waals surface area contributed by atoms with Gasteiger partial charge in [-0.25, -0.2) is 0 Å². The Labute approximate surface area is 185 Å². The van der Waals surface area contributed by atoms with Crippen molar-refractivity contribution < 1.29 is 23.9 Å². The van der Waals surface area contributed by atoms with Crippen LogP contribution in [0.5, 0.6) is 11.5 Å². The molecule has 0 saturated carbocycles. The van der Waals surface area contributed by atoms with Crippen molar-refractivity contribution in [2.75, 3.05) is 20.2 Å². The second-order valence-electron chi connectivity index (χ2n) is 7.03. The van der Waals surface area contributed by atoms with Crippen LogP contribution in [0, 0.1) is 0 Å². The number of ether oxygens (including phenoxy) is 2. The fourth-order valence-corrected chi connectivity index (χ4v) is 3.80. The summed E-state index contributed by atoms with van der Waals surface area (Å²) in [5.74, 6) is 0.321. The summed E-state index contributed by atoms with van der Waals surface area (Å²) in [6, 6.07) is 14.2. The molecule has 0 bridgehead atoms. The number of carbonyl (C=O) groups is 3. The number of methoxy groups -OCH3 is 1. The number of hydrogen-bond donors (Lipinski definition) is 1. The summed E-state index contributed by atoms with van der Waals surface area (Å²) in [5.41, 5.74) is 1.24. The molecule has 1 heterocycles. The van der Waals surface area contributed by atoms with Gasteiger partial charge in [-0.05, 0) is 55.4 Å². The first-order valence-corrected chi connectivity index (χ1v) is 10.6. The molecule has 7 nitrogen and oxygen atoms in total. The zero-order valence-electron chi connectivity index (χ0n) is 17.6. The third kappa shape index (κ3) is 5.67. The van der Waals surface area contributed by atoms with Gasteiger partial charge in [0.25, 0.3) is 17.1 Å². The maximum absolute atomic E-state index is 12.5. The first-order valence-electron chi connectivity index (χ1n) is 9.82. The predicted molar refractivity (Wildman–Crippen MR) is 120 cm³/mol. The average Bonchev–Trinajstić information content (AvgIpc) is 3.01. The SMILES string of the molecule is COc1cc(C(=O)NCCN2C(=O)SC(=Cc3ccccc3)C2=O)ccc1OC(C)C. The molecule has 0 radical (unpaired) electrons. The molecule has 162 valence electrons. The van der Waals surface area contributed by atoms with E-state index < -0.39 is 0 Å². The molecule has 1 fully saturated rings. The third-order valence-corrected chi connectivity index (χ3v) is 5.29. The lowest BCUT2D eigenvalue weighted by atomic mass is 10.2. The molecular weight excluding hydrogens is 416 g/mol. The van der Waals surface area contributed by atoms with Crippen LogP contribution in [0.3, 0.4) is 0 Å². The summed E-state index contributed by atoms with van der Waals surface area (Å²) >= 11 is 0.899. The van der Waals surface area contributed by atoms with Crippen LogP contribution >= 0.6 is 11.8 Å². The van der Waals surface area contributed by atoms with Crippen LogP contribution in [0.15, 0.2) is 53.4 Å². The summed E-state index contributed by atoms with van der Waals surface area (Å²) in [6.45, 7) is 4.04. The Morgan fingerprint density at radius 3 is 2.55 bits per heavy atom. The first kappa shape index (κ1) is 22.4. The molecular formula is C23H24N2O5S. The van der Waals surface area contributed by atoms with Crippen molar-refractivity contribution in [3.63, 3.8) is 0 Å². The Hall–Kier alpha value is -3.26. The number of thioether (sulfide) groups is 1. The van der Waals surface area contributed by atoms with E-state index in [4.69, 9.17) is 9.47 Å². The minimum Gasteiger partial charge on any atom is -0.493 e. The minimum atomic E-state index is -0.357. The Morgan fingerprint density at radius 1 is 1.13 bits per heavy atom. The van der Waals surface area contributed by atoms with Crippen LogP contribution in [0.2, 0.25) is 0 Å². The highest BCUT2D eigenvalue weighted by molar-refractivity contribution is 8.18. The van der Waals surface area contributed by atoms with E-state index in [-0.39, 0.29) is 36.2 Å². The third-order valence-electron chi connectivity index (χ3n) is 4.38. The van der Waals surface area contributed by atoms with Crippen molar-refractivity contribution in [3.05, 3.63) is 64.6 Å². The molecule has 1 N–H and O–H groups in total. The number of amides is 3. The van der Waals surface area contributed by atoms with Gasteiger partial charge < -0.3 is 14.8 Å². The maximum atomic E-state index is 12.5. The number of imide groups is 1. The van der Waals surface area contributed by atoms with Crippen molar-refractivity contribution >= 4 is 34.9 Å². The zero-order valence-corrected chi connectivity index (χ0v) is 18.4. The van der Waals surface area contributed by atoms with E-state index in [0.717, 1.165) is 22.2 Å². The molecule has 0 aliphatic carbocycles. The molecule has 0 unspecified atom stereocenters. The van der Waals surface area contributed by atoms with Crippen LogP contribution in [0.4, 0.5) is 4.79 Å². The molecule has 31 heavy (non-hydrogen) atoms. The highest BCUT2D eigenvalue weighted by atomic mass is 32.2. The van der Waals surface area contributed by atoms with Crippen molar-refractivity contribution in [1.82, 2.24) is 10.2 Å². The average molecular weight is 441 g/mol. The number of nitrogens with one attached hydrogen (secondary N) is 1. The lowest BCUT2D eigenvalue weighted by Crippen LogP contribution is -2.37. The molecule has 0 spiro atoms. The predicted octanol–water partition coefficient (Wildman–Crippen LogP) is 3.95. The Morgan fingerprint density at radius 2 is 1.87 bits per heavy atom. The molecule has 0 aromatic heterocycles. The monoisotopic (exact) mass is 440 g/mol. The molecule has 3 rings (SSSR count). The largest absolute Gasteiger partial charge is 0.493 e. The summed E-state index contributed by atoms with van der Waals surface area (Å²) in [5, 5.41) is 2.38. The molecule has 8 heteroatoms. The smallest absolute Gasteiger partial charge is 0.293 e. The van der Waals surface area contributed by atoms with Gasteiger partial charge in [-0.3, -0.25) is 19.3 Å². The molecule has 1 saturated heterocycles. The molecule has 2 aromatic carbocycles. The fraction of sp³-hybridized carbons (Fsp3) is 0.261. The van der Waals surface area contributed by atoms with Crippen molar-refractivity contribution in [2.24, 2.45) is 0 Å². The standard InChI is InChI=1S/C23H24N2O5S/c1-15(2)30-18-10-9-17(14-19(18)29-3)21(26)24-11-12-25-22(27)20(31-23(25)28)13-16-7-5-4-6-8-16/h4-10,13-15H,11-12H2,1-3H3,(H,24,26). The first-order chi connectivity index (χ1) is 14.9. The lowest BCUT2D eigenvalue weighted by molar-refractivity contribution is -0.122. The Balaban J connectivity index is 1.58. The normalized spacial score (nSPS) is 15.0. The van der Waals surface area contributed by atoms with E-state index >= 15 is 0 Å². The van der Waals surface area contributed by atoms with Crippen LogP contribution in [0.25, 0.3) is 6.08 Å². The second kappa shape index (κ2) is 10.2. The molecule has 3 amide bonds. The fourth-order valence-electron chi connectivity index (χ4n) is 2.94. The van der Waals surface area contributed by atoms with Gasteiger partial charge >= 0.3 is 0 Å². The molecule has 0 atom stereocenters. The zero-order chi connectivity index (χ0) is 22.4. The highest BCUT2D eigenvalue weighted by Gasteiger charge is 2.34. The van der Waals surface area contributed by atoms with Gasteiger partial charge in [0.05, 0.1) is 18.1 Å². The van der Waals surface area contributed by atoms with Gasteiger partial charge in [0.2, 0.25) is 0 Å². The minimum absolute atomic E-state index is 0.0252. The molecule has 1 aliphatic heterocycles. The van der Waals surface area contributed by atoms with Crippen molar-refractivity contribution in [2.45, 2.75) is 20.0 Å². The summed E-state index contributed by atoms with van der Waals surface area (Å²) in [6.07, 6.45) is 1.67. The van der Waals surface area contributed by atoms with Gasteiger partial charge in [0.1, 0.15) is 0 Å². The molecule has 2 aromatic rings. The van der Waals surface area contributed by atoms with Crippen molar-refractivity contribution in [3.8, 4) is 11.5 Å². The van der Waals surface area contributed by atoms with E-state index in [1.54, 1.807) is 24.3 Å². The number of rotatable bonds is 8. The van der Waals surface area contributed by atoms with Crippen LogP contribution in [-0.2, 0) is 4.79 Å². The second-order valence-corrected chi connectivity index (χ2v) is 8.03. The highest BCUT2D eigenvalue weighted by Crippen LogP contribution is 2.32. The maximum Gasteiger partial charge on any atom is 0.293 e. The van der Waals surface area contributed by atoms with E-state index in [0.29, 0.717) is 22.0 Å². The number of nitrogens with zero attached hydrogens (tertiary/aromatic N) is 1. The lowest BCUT2D eigenvalue weighted by Gasteiger charge is -2.15. The quantitative estimate of drug-likeness (QED) is 0.626. The van der Waals surface area contributed by atoms with E-state index in [9.17, 15) is 14.4 Å². The van der Waals surface area contributed by atoms with Crippen molar-refractivity contribution in [1.29, 1.82) is 0 Å².